The molecule has 0 amide bonds. The zero-order chi connectivity index (χ0) is 10.4. The largest absolute Gasteiger partial charge is 0.467 e. The summed E-state index contributed by atoms with van der Waals surface area (Å²) in [6.45, 7) is 0. The van der Waals surface area contributed by atoms with E-state index in [1.807, 2.05) is 30.3 Å². The normalized spacial score (nSPS) is 11.8. The number of methoxy groups -OCH3 is 1. The summed E-state index contributed by atoms with van der Waals surface area (Å²) in [5.74, 6) is -0.594. The van der Waals surface area contributed by atoms with E-state index in [9.17, 15) is 9.70 Å². The van der Waals surface area contributed by atoms with Crippen LogP contribution >= 0.6 is 0 Å². The van der Waals surface area contributed by atoms with Crippen LogP contribution in [-0.2, 0) is 16.0 Å². The molecule has 0 N–H and O–H groups in total. The Hall–Kier alpha value is -1.71. The minimum Gasteiger partial charge on any atom is -0.467 e. The Kier molecular flexibility index (Phi) is 3.79. The molecule has 0 spiro atoms. The van der Waals surface area contributed by atoms with Gasteiger partial charge in [0.2, 0.25) is 0 Å². The molecule has 0 radical (unpaired) electrons. The van der Waals surface area contributed by atoms with Crippen molar-refractivity contribution in [3.63, 3.8) is 0 Å². The van der Waals surface area contributed by atoms with Gasteiger partial charge in [-0.3, -0.25) is 0 Å². The third kappa shape index (κ3) is 2.65. The zero-order valence-electron chi connectivity index (χ0n) is 7.84. The minimum absolute atomic E-state index is 0.289. The summed E-state index contributed by atoms with van der Waals surface area (Å²) in [6, 6.07) is 8.28. The van der Waals surface area contributed by atoms with E-state index in [0.717, 1.165) is 5.56 Å². The van der Waals surface area contributed by atoms with Gasteiger partial charge in [-0.2, -0.15) is 0 Å². The van der Waals surface area contributed by atoms with E-state index < -0.39 is 12.0 Å². The van der Waals surface area contributed by atoms with E-state index in [1.165, 1.54) is 7.11 Å². The molecule has 0 saturated carbocycles. The molecule has 0 aromatic heterocycles. The molecule has 0 aliphatic rings. The highest BCUT2D eigenvalue weighted by Crippen LogP contribution is 2.06. The fourth-order valence-electron chi connectivity index (χ4n) is 1.14. The number of hydrogen-bond donors (Lipinski definition) is 0. The van der Waals surface area contributed by atoms with Gasteiger partial charge in [-0.25, -0.2) is 4.79 Å². The highest BCUT2D eigenvalue weighted by Gasteiger charge is 2.19. The van der Waals surface area contributed by atoms with E-state index >= 15 is 0 Å². The number of hydrogen-bond acceptors (Lipinski definition) is 4. The maximum atomic E-state index is 11.0. The molecular formula is C10H11NO3. The lowest BCUT2D eigenvalue weighted by Gasteiger charge is -2.05. The van der Waals surface area contributed by atoms with E-state index in [2.05, 4.69) is 9.91 Å². The van der Waals surface area contributed by atoms with Crippen molar-refractivity contribution in [3.8, 4) is 0 Å². The standard InChI is InChI=1S/C10H11NO3/c1-14-10(12)9(11-13)7-8-5-3-2-4-6-8/h2-6,9H,7H2,1H3. The Bertz CT molecular complexity index is 310. The molecule has 74 valence electrons. The molecule has 1 aromatic carbocycles. The first kappa shape index (κ1) is 10.4. The summed E-state index contributed by atoms with van der Waals surface area (Å²) in [5.41, 5.74) is 0.891. The molecule has 1 rings (SSSR count). The average molecular weight is 193 g/mol. The Morgan fingerprint density at radius 1 is 1.43 bits per heavy atom. The van der Waals surface area contributed by atoms with Crippen molar-refractivity contribution >= 4 is 5.97 Å². The summed E-state index contributed by atoms with van der Waals surface area (Å²) in [4.78, 5) is 21.4. The van der Waals surface area contributed by atoms with E-state index in [4.69, 9.17) is 0 Å². The lowest BCUT2D eigenvalue weighted by atomic mass is 10.1. The lowest BCUT2D eigenvalue weighted by Crippen LogP contribution is -2.22. The second-order valence-electron chi connectivity index (χ2n) is 2.83. The molecule has 0 heterocycles. The first-order chi connectivity index (χ1) is 6.77. The van der Waals surface area contributed by atoms with Gasteiger partial charge in [0.05, 0.1) is 7.11 Å². The number of nitroso groups, excluding NO2 is 1. The number of benzene rings is 1. The molecule has 0 aliphatic heterocycles. The van der Waals surface area contributed by atoms with E-state index in [0.29, 0.717) is 0 Å². The first-order valence-corrected chi connectivity index (χ1v) is 4.22. The Labute approximate surface area is 81.9 Å². The van der Waals surface area contributed by atoms with Crippen molar-refractivity contribution < 1.29 is 9.53 Å². The molecule has 4 nitrogen and oxygen atoms in total. The van der Waals surface area contributed by atoms with Crippen LogP contribution in [-0.4, -0.2) is 19.1 Å². The van der Waals surface area contributed by atoms with Crippen LogP contribution < -0.4 is 0 Å². The van der Waals surface area contributed by atoms with Crippen LogP contribution in [0.4, 0.5) is 0 Å². The summed E-state index contributed by atoms with van der Waals surface area (Å²) >= 11 is 0. The topological polar surface area (TPSA) is 55.7 Å². The second kappa shape index (κ2) is 5.11. The van der Waals surface area contributed by atoms with Gasteiger partial charge in [0.1, 0.15) is 0 Å². The molecule has 0 fully saturated rings. The number of carbonyl (C=O) groups excluding carboxylic acids is 1. The third-order valence-corrected chi connectivity index (χ3v) is 1.87. The molecule has 14 heavy (non-hydrogen) atoms. The smallest absolute Gasteiger partial charge is 0.334 e. The number of esters is 1. The Morgan fingerprint density at radius 3 is 2.57 bits per heavy atom. The SMILES string of the molecule is COC(=O)C(Cc1ccccc1)N=O. The summed E-state index contributed by atoms with van der Waals surface area (Å²) in [7, 11) is 1.24. The number of rotatable bonds is 4. The Balaban J connectivity index is 2.66. The zero-order valence-corrected chi connectivity index (χ0v) is 7.84. The van der Waals surface area contributed by atoms with Crippen molar-refractivity contribution in [1.82, 2.24) is 0 Å². The van der Waals surface area contributed by atoms with Gasteiger partial charge in [-0.1, -0.05) is 35.5 Å². The van der Waals surface area contributed by atoms with Crippen LogP contribution in [0.1, 0.15) is 5.56 Å². The molecular weight excluding hydrogens is 182 g/mol. The van der Waals surface area contributed by atoms with Crippen LogP contribution in [0.15, 0.2) is 35.5 Å². The van der Waals surface area contributed by atoms with Gasteiger partial charge in [0.25, 0.3) is 0 Å². The predicted molar refractivity (Wildman–Crippen MR) is 51.7 cm³/mol. The fourth-order valence-corrected chi connectivity index (χ4v) is 1.14. The van der Waals surface area contributed by atoms with Crippen LogP contribution in [0.5, 0.6) is 0 Å². The van der Waals surface area contributed by atoms with Crippen LogP contribution in [0.25, 0.3) is 0 Å². The average Bonchev–Trinajstić information content (AvgIpc) is 2.26. The number of carbonyl (C=O) groups is 1. The van der Waals surface area contributed by atoms with Gasteiger partial charge in [-0.05, 0) is 5.56 Å². The maximum Gasteiger partial charge on any atom is 0.334 e. The van der Waals surface area contributed by atoms with Crippen LogP contribution in [0.3, 0.4) is 0 Å². The molecule has 1 aromatic rings. The summed E-state index contributed by atoms with van der Waals surface area (Å²) in [6.07, 6.45) is 0.289. The van der Waals surface area contributed by atoms with Gasteiger partial charge in [-0.15, -0.1) is 4.91 Å². The second-order valence-corrected chi connectivity index (χ2v) is 2.83. The molecule has 0 saturated heterocycles. The molecule has 0 aliphatic carbocycles. The minimum atomic E-state index is -0.942. The van der Waals surface area contributed by atoms with Crippen LogP contribution in [0.2, 0.25) is 0 Å². The van der Waals surface area contributed by atoms with Gasteiger partial charge in [0, 0.05) is 6.42 Å². The predicted octanol–water partition coefficient (Wildman–Crippen LogP) is 1.54. The van der Waals surface area contributed by atoms with Crippen molar-refractivity contribution in [2.24, 2.45) is 5.18 Å². The lowest BCUT2D eigenvalue weighted by molar-refractivity contribution is -0.142. The number of ether oxygens (including phenoxy) is 1. The van der Waals surface area contributed by atoms with Gasteiger partial charge >= 0.3 is 5.97 Å². The van der Waals surface area contributed by atoms with E-state index in [1.54, 1.807) is 0 Å². The summed E-state index contributed by atoms with van der Waals surface area (Å²) < 4.78 is 4.44. The first-order valence-electron chi connectivity index (χ1n) is 4.22. The van der Waals surface area contributed by atoms with Gasteiger partial charge < -0.3 is 4.74 Å². The van der Waals surface area contributed by atoms with Crippen molar-refractivity contribution in [1.29, 1.82) is 0 Å². The van der Waals surface area contributed by atoms with Crippen molar-refractivity contribution in [3.05, 3.63) is 40.8 Å². The maximum absolute atomic E-state index is 11.0. The van der Waals surface area contributed by atoms with Crippen molar-refractivity contribution in [2.45, 2.75) is 12.5 Å². The number of nitrogens with zero attached hydrogens (tertiary/aromatic N) is 1. The fraction of sp³-hybridized carbons (Fsp3) is 0.300. The quantitative estimate of drug-likeness (QED) is 0.538. The van der Waals surface area contributed by atoms with Crippen LogP contribution in [0, 0.1) is 4.91 Å². The molecule has 1 unspecified atom stereocenters. The third-order valence-electron chi connectivity index (χ3n) is 1.87. The molecule has 4 heteroatoms. The summed E-state index contributed by atoms with van der Waals surface area (Å²) in [5, 5.41) is 2.73. The van der Waals surface area contributed by atoms with E-state index in [-0.39, 0.29) is 6.42 Å². The highest BCUT2D eigenvalue weighted by molar-refractivity contribution is 5.76. The highest BCUT2D eigenvalue weighted by atomic mass is 16.5. The van der Waals surface area contributed by atoms with Crippen molar-refractivity contribution in [2.75, 3.05) is 7.11 Å². The monoisotopic (exact) mass is 193 g/mol. The Morgan fingerprint density at radius 2 is 2.07 bits per heavy atom. The molecule has 1 atom stereocenters. The van der Waals surface area contributed by atoms with Gasteiger partial charge in [0.15, 0.2) is 6.04 Å². The molecule has 0 bridgehead atoms.